The highest BCUT2D eigenvalue weighted by Gasteiger charge is 2.19. The lowest BCUT2D eigenvalue weighted by atomic mass is 10.2. The van der Waals surface area contributed by atoms with E-state index in [0.29, 0.717) is 22.8 Å². The highest BCUT2D eigenvalue weighted by atomic mass is 35.5. The molecule has 3 aromatic rings. The molecule has 29 heavy (non-hydrogen) atoms. The van der Waals surface area contributed by atoms with Gasteiger partial charge >= 0.3 is 0 Å². The first kappa shape index (κ1) is 19.2. The van der Waals surface area contributed by atoms with Gasteiger partial charge in [-0.05, 0) is 36.8 Å². The van der Waals surface area contributed by atoms with Crippen LogP contribution in [0.25, 0.3) is 11.0 Å². The Kier molecular flexibility index (Phi) is 5.65. The summed E-state index contributed by atoms with van der Waals surface area (Å²) in [6, 6.07) is 14.9. The normalized spacial score (nSPS) is 15.1. The molecule has 4 rings (SSSR count). The van der Waals surface area contributed by atoms with Gasteiger partial charge in [0.05, 0.1) is 28.2 Å². The molecular weight excluding hydrogens is 388 g/mol. The minimum Gasteiger partial charge on any atom is -0.341 e. The number of aromatic nitrogens is 2. The molecule has 8 heteroatoms. The third-order valence-corrected chi connectivity index (χ3v) is 5.32. The molecule has 0 aliphatic carbocycles. The number of hydrogen-bond acceptors (Lipinski definition) is 5. The Hall–Kier alpha value is -3.08. The van der Waals surface area contributed by atoms with Crippen molar-refractivity contribution in [3.63, 3.8) is 0 Å². The van der Waals surface area contributed by atoms with Gasteiger partial charge in [-0.2, -0.15) is 5.26 Å². The third-order valence-electron chi connectivity index (χ3n) is 5.01. The van der Waals surface area contributed by atoms with Gasteiger partial charge in [0.15, 0.2) is 0 Å². The molecule has 0 atom stereocenters. The summed E-state index contributed by atoms with van der Waals surface area (Å²) in [4.78, 5) is 24.9. The maximum Gasteiger partial charge on any atom is 0.238 e. The molecule has 2 heterocycles. The first-order chi connectivity index (χ1) is 14.1. The minimum absolute atomic E-state index is 0.0945. The zero-order chi connectivity index (χ0) is 20.2. The van der Waals surface area contributed by atoms with Crippen molar-refractivity contribution in [2.24, 2.45) is 0 Å². The number of amides is 1. The fraction of sp³-hybridized carbons (Fsp3) is 0.286. The van der Waals surface area contributed by atoms with Crippen LogP contribution in [0.1, 0.15) is 12.0 Å². The number of nitrogens with zero attached hydrogens (tertiary/aromatic N) is 4. The average Bonchev–Trinajstić information content (AvgIpc) is 3.01. The molecule has 1 aromatic heterocycles. The summed E-state index contributed by atoms with van der Waals surface area (Å²) in [7, 11) is 0. The van der Waals surface area contributed by atoms with Gasteiger partial charge in [-0.3, -0.25) is 9.69 Å². The second-order valence-corrected chi connectivity index (χ2v) is 7.46. The molecule has 7 nitrogen and oxygen atoms in total. The summed E-state index contributed by atoms with van der Waals surface area (Å²) in [6.07, 6.45) is 0.951. The number of carbonyl (C=O) groups excluding carboxylic acids is 1. The number of nitrogens with one attached hydrogen (secondary N) is 2. The van der Waals surface area contributed by atoms with Crippen LogP contribution in [0.5, 0.6) is 0 Å². The van der Waals surface area contributed by atoms with E-state index in [4.69, 9.17) is 16.9 Å². The van der Waals surface area contributed by atoms with E-state index >= 15 is 0 Å². The SMILES string of the molecule is N#Cc1ccc(NC(=O)CN2CCCN(c3nc4ccccc4[nH]3)CC2)cc1Cl. The number of fused-ring (bicyclic) bond motifs is 1. The van der Waals surface area contributed by atoms with Crippen LogP contribution in [0.3, 0.4) is 0 Å². The maximum absolute atomic E-state index is 12.4. The Bertz CT molecular complexity index is 1040. The first-order valence-electron chi connectivity index (χ1n) is 9.54. The van der Waals surface area contributed by atoms with Crippen molar-refractivity contribution in [2.75, 3.05) is 42.9 Å². The van der Waals surface area contributed by atoms with Crippen LogP contribution in [0.4, 0.5) is 11.6 Å². The molecule has 1 fully saturated rings. The molecule has 0 radical (unpaired) electrons. The van der Waals surface area contributed by atoms with Crippen molar-refractivity contribution < 1.29 is 4.79 Å². The van der Waals surface area contributed by atoms with E-state index in [-0.39, 0.29) is 5.91 Å². The van der Waals surface area contributed by atoms with Crippen molar-refractivity contribution in [1.29, 1.82) is 5.26 Å². The van der Waals surface area contributed by atoms with Gasteiger partial charge in [0.1, 0.15) is 6.07 Å². The summed E-state index contributed by atoms with van der Waals surface area (Å²) >= 11 is 6.03. The van der Waals surface area contributed by atoms with Gasteiger partial charge in [0, 0.05) is 31.9 Å². The van der Waals surface area contributed by atoms with Crippen LogP contribution < -0.4 is 10.2 Å². The Morgan fingerprint density at radius 3 is 2.86 bits per heavy atom. The predicted molar refractivity (Wildman–Crippen MR) is 114 cm³/mol. The summed E-state index contributed by atoms with van der Waals surface area (Å²) in [5.74, 6) is 0.785. The number of rotatable bonds is 4. The van der Waals surface area contributed by atoms with Gasteiger partial charge in [0.25, 0.3) is 0 Å². The van der Waals surface area contributed by atoms with Crippen molar-refractivity contribution in [2.45, 2.75) is 6.42 Å². The maximum atomic E-state index is 12.4. The molecule has 1 aliphatic heterocycles. The van der Waals surface area contributed by atoms with Crippen LogP contribution in [0.2, 0.25) is 5.02 Å². The largest absolute Gasteiger partial charge is 0.341 e. The Morgan fingerprint density at radius 1 is 1.21 bits per heavy atom. The lowest BCUT2D eigenvalue weighted by Crippen LogP contribution is -2.36. The van der Waals surface area contributed by atoms with Gasteiger partial charge in [-0.15, -0.1) is 0 Å². The second kappa shape index (κ2) is 8.52. The standard InChI is InChI=1S/C21H21ClN6O/c22-17-12-16(7-6-15(17)13-23)24-20(29)14-27-8-3-9-28(11-10-27)21-25-18-4-1-2-5-19(18)26-21/h1-2,4-7,12H,3,8-11,14H2,(H,24,29)(H,25,26). The van der Waals surface area contributed by atoms with E-state index in [2.05, 4.69) is 25.1 Å². The van der Waals surface area contributed by atoms with Gasteiger partial charge in [0.2, 0.25) is 11.9 Å². The molecule has 0 bridgehead atoms. The fourth-order valence-electron chi connectivity index (χ4n) is 3.52. The van der Waals surface area contributed by atoms with E-state index in [0.717, 1.165) is 49.6 Å². The number of benzene rings is 2. The molecule has 1 saturated heterocycles. The predicted octanol–water partition coefficient (Wildman–Crippen LogP) is 3.24. The summed E-state index contributed by atoms with van der Waals surface area (Å²) in [5.41, 5.74) is 2.98. The van der Waals surface area contributed by atoms with Crippen LogP contribution >= 0.6 is 11.6 Å². The van der Waals surface area contributed by atoms with Crippen molar-refractivity contribution in [1.82, 2.24) is 14.9 Å². The molecule has 0 unspecified atom stereocenters. The number of anilines is 2. The Labute approximate surface area is 173 Å². The topological polar surface area (TPSA) is 88.1 Å². The van der Waals surface area contributed by atoms with E-state index in [1.54, 1.807) is 18.2 Å². The lowest BCUT2D eigenvalue weighted by Gasteiger charge is -2.21. The van der Waals surface area contributed by atoms with Gasteiger partial charge in [-0.25, -0.2) is 4.98 Å². The van der Waals surface area contributed by atoms with E-state index in [1.807, 2.05) is 30.3 Å². The monoisotopic (exact) mass is 408 g/mol. The number of nitriles is 1. The molecular formula is C21H21ClN6O. The average molecular weight is 409 g/mol. The summed E-state index contributed by atoms with van der Waals surface area (Å²) < 4.78 is 0. The molecule has 1 amide bonds. The van der Waals surface area contributed by atoms with Crippen LogP contribution in [-0.2, 0) is 4.79 Å². The lowest BCUT2D eigenvalue weighted by molar-refractivity contribution is -0.117. The van der Waals surface area contributed by atoms with Crippen molar-refractivity contribution in [3.05, 3.63) is 53.1 Å². The summed E-state index contributed by atoms with van der Waals surface area (Å²) in [6.45, 7) is 3.63. The Balaban J connectivity index is 1.34. The number of halogens is 1. The molecule has 148 valence electrons. The molecule has 0 saturated carbocycles. The van der Waals surface area contributed by atoms with Crippen LogP contribution in [0.15, 0.2) is 42.5 Å². The van der Waals surface area contributed by atoms with Crippen molar-refractivity contribution in [3.8, 4) is 6.07 Å². The quantitative estimate of drug-likeness (QED) is 0.691. The zero-order valence-electron chi connectivity index (χ0n) is 15.9. The molecule has 2 aromatic carbocycles. The zero-order valence-corrected chi connectivity index (χ0v) is 16.6. The molecule has 0 spiro atoms. The number of hydrogen-bond donors (Lipinski definition) is 2. The number of carbonyl (C=O) groups is 1. The molecule has 1 aliphatic rings. The van der Waals surface area contributed by atoms with E-state index in [9.17, 15) is 4.79 Å². The van der Waals surface area contributed by atoms with Crippen LogP contribution in [0, 0.1) is 11.3 Å². The minimum atomic E-state index is -0.0945. The Morgan fingerprint density at radius 2 is 2.07 bits per heavy atom. The number of para-hydroxylation sites is 2. The summed E-state index contributed by atoms with van der Waals surface area (Å²) in [5, 5.41) is 12.1. The van der Waals surface area contributed by atoms with Gasteiger partial charge in [-0.1, -0.05) is 23.7 Å². The number of imidazole rings is 1. The second-order valence-electron chi connectivity index (χ2n) is 7.05. The van der Waals surface area contributed by atoms with E-state index < -0.39 is 0 Å². The molecule has 2 N–H and O–H groups in total. The highest BCUT2D eigenvalue weighted by Crippen LogP contribution is 2.21. The fourth-order valence-corrected chi connectivity index (χ4v) is 3.74. The highest BCUT2D eigenvalue weighted by molar-refractivity contribution is 6.32. The van der Waals surface area contributed by atoms with Crippen molar-refractivity contribution >= 4 is 40.2 Å². The number of H-pyrrole nitrogens is 1. The third kappa shape index (κ3) is 4.50. The van der Waals surface area contributed by atoms with Gasteiger partial charge < -0.3 is 15.2 Å². The smallest absolute Gasteiger partial charge is 0.238 e. The van der Waals surface area contributed by atoms with Crippen LogP contribution in [-0.4, -0.2) is 53.5 Å². The number of aromatic amines is 1. The van der Waals surface area contributed by atoms with E-state index in [1.165, 1.54) is 0 Å². The first-order valence-corrected chi connectivity index (χ1v) is 9.92.